The smallest absolute Gasteiger partial charge is 0.321 e. The SMILES string of the molecule is CCCO[SiH](CCCN1CCN([Si](C)(C)C)CC1)OCCC. The maximum Gasteiger partial charge on any atom is 0.321 e. The first-order chi connectivity index (χ1) is 10.5. The van der Waals surface area contributed by atoms with Crippen molar-refractivity contribution in [1.82, 2.24) is 9.47 Å². The van der Waals surface area contributed by atoms with Crippen molar-refractivity contribution in [2.24, 2.45) is 0 Å². The molecule has 22 heavy (non-hydrogen) atoms. The molecule has 0 radical (unpaired) electrons. The predicted octanol–water partition coefficient (Wildman–Crippen LogP) is 2.90. The third kappa shape index (κ3) is 8.22. The van der Waals surface area contributed by atoms with Gasteiger partial charge in [-0.15, -0.1) is 0 Å². The molecule has 0 atom stereocenters. The summed E-state index contributed by atoms with van der Waals surface area (Å²) in [5.41, 5.74) is 0. The molecule has 0 aromatic rings. The largest absolute Gasteiger partial charge is 0.397 e. The van der Waals surface area contributed by atoms with Gasteiger partial charge in [0.2, 0.25) is 0 Å². The van der Waals surface area contributed by atoms with Crippen molar-refractivity contribution in [2.45, 2.75) is 58.8 Å². The molecule has 0 bridgehead atoms. The van der Waals surface area contributed by atoms with Gasteiger partial charge < -0.3 is 18.3 Å². The lowest BCUT2D eigenvalue weighted by Gasteiger charge is -2.41. The van der Waals surface area contributed by atoms with Crippen molar-refractivity contribution in [3.63, 3.8) is 0 Å². The summed E-state index contributed by atoms with van der Waals surface area (Å²) in [7, 11) is -2.50. The standard InChI is InChI=1S/C16H38N2O2Si2/c1-6-14-19-21(20-15-7-2)16-8-9-17-10-12-18(13-11-17)22(3,4)5/h21H,6-16H2,1-5H3. The van der Waals surface area contributed by atoms with Crippen LogP contribution in [0, 0.1) is 0 Å². The molecule has 1 rings (SSSR count). The highest BCUT2D eigenvalue weighted by atomic mass is 28.3. The Morgan fingerprint density at radius 2 is 1.45 bits per heavy atom. The molecule has 0 aliphatic carbocycles. The fraction of sp³-hybridized carbons (Fsp3) is 1.00. The zero-order valence-electron chi connectivity index (χ0n) is 15.6. The van der Waals surface area contributed by atoms with Crippen LogP contribution in [0.3, 0.4) is 0 Å². The van der Waals surface area contributed by atoms with Crippen LogP contribution < -0.4 is 0 Å². The minimum Gasteiger partial charge on any atom is -0.397 e. The van der Waals surface area contributed by atoms with Crippen molar-refractivity contribution in [3.8, 4) is 0 Å². The van der Waals surface area contributed by atoms with Gasteiger partial charge in [0.05, 0.1) is 0 Å². The Morgan fingerprint density at radius 1 is 0.909 bits per heavy atom. The average molecular weight is 347 g/mol. The summed E-state index contributed by atoms with van der Waals surface area (Å²) >= 11 is 0. The van der Waals surface area contributed by atoms with Crippen LogP contribution >= 0.6 is 0 Å². The van der Waals surface area contributed by atoms with Crippen LogP contribution in [-0.2, 0) is 8.85 Å². The predicted molar refractivity (Wildman–Crippen MR) is 100 cm³/mol. The lowest BCUT2D eigenvalue weighted by Crippen LogP contribution is -2.56. The molecule has 0 amide bonds. The van der Waals surface area contributed by atoms with Gasteiger partial charge in [0.15, 0.2) is 0 Å². The Morgan fingerprint density at radius 3 is 1.91 bits per heavy atom. The van der Waals surface area contributed by atoms with E-state index >= 15 is 0 Å². The van der Waals surface area contributed by atoms with Crippen LogP contribution in [-0.4, -0.2) is 72.9 Å². The molecule has 1 saturated heterocycles. The molecule has 132 valence electrons. The first-order valence-corrected chi connectivity index (χ1v) is 14.4. The van der Waals surface area contributed by atoms with E-state index in [9.17, 15) is 0 Å². The van der Waals surface area contributed by atoms with Gasteiger partial charge in [0.25, 0.3) is 0 Å². The minimum absolute atomic E-state index is 0.871. The Bertz CT molecular complexity index is 272. The van der Waals surface area contributed by atoms with Crippen LogP contribution in [0.2, 0.25) is 25.7 Å². The molecule has 0 aromatic carbocycles. The van der Waals surface area contributed by atoms with Gasteiger partial charge in [-0.25, -0.2) is 0 Å². The normalized spacial score (nSPS) is 18.3. The van der Waals surface area contributed by atoms with E-state index in [2.05, 4.69) is 43.0 Å². The van der Waals surface area contributed by atoms with E-state index in [1.54, 1.807) is 0 Å². The highest BCUT2D eigenvalue weighted by Gasteiger charge is 2.27. The van der Waals surface area contributed by atoms with Gasteiger partial charge in [0.1, 0.15) is 8.24 Å². The first kappa shape index (κ1) is 20.3. The number of piperazine rings is 1. The summed E-state index contributed by atoms with van der Waals surface area (Å²) in [6.07, 6.45) is 3.42. The molecule has 1 aliphatic rings. The van der Waals surface area contributed by atoms with Crippen LogP contribution in [0.5, 0.6) is 0 Å². The molecule has 6 heteroatoms. The van der Waals surface area contributed by atoms with Crippen LogP contribution in [0.4, 0.5) is 0 Å². The summed E-state index contributed by atoms with van der Waals surface area (Å²) in [4.78, 5) is 2.63. The maximum atomic E-state index is 5.94. The highest BCUT2D eigenvalue weighted by Crippen LogP contribution is 2.13. The van der Waals surface area contributed by atoms with Crippen molar-refractivity contribution in [3.05, 3.63) is 0 Å². The molecule has 0 saturated carbocycles. The number of hydrogen-bond donors (Lipinski definition) is 0. The summed E-state index contributed by atoms with van der Waals surface area (Å²) in [5.74, 6) is 0. The summed E-state index contributed by atoms with van der Waals surface area (Å²) in [6.45, 7) is 19.7. The Kier molecular flexibility index (Phi) is 10.1. The molecule has 4 nitrogen and oxygen atoms in total. The molecular formula is C16H38N2O2Si2. The van der Waals surface area contributed by atoms with E-state index in [1.807, 2.05) is 0 Å². The molecule has 1 heterocycles. The van der Waals surface area contributed by atoms with E-state index in [4.69, 9.17) is 8.85 Å². The van der Waals surface area contributed by atoms with Gasteiger partial charge in [-0.1, -0.05) is 33.5 Å². The number of nitrogens with zero attached hydrogens (tertiary/aromatic N) is 2. The number of rotatable bonds is 11. The monoisotopic (exact) mass is 346 g/mol. The molecule has 0 unspecified atom stereocenters. The molecule has 0 aromatic heterocycles. The third-order valence-electron chi connectivity index (χ3n) is 4.25. The van der Waals surface area contributed by atoms with Crippen LogP contribution in [0.15, 0.2) is 0 Å². The second-order valence-electron chi connectivity index (χ2n) is 7.31. The maximum absolute atomic E-state index is 5.94. The topological polar surface area (TPSA) is 24.9 Å². The van der Waals surface area contributed by atoms with E-state index in [1.165, 1.54) is 39.1 Å². The average Bonchev–Trinajstić information content (AvgIpc) is 2.49. The zero-order chi connectivity index (χ0) is 16.4. The van der Waals surface area contributed by atoms with E-state index in [0.717, 1.165) is 32.1 Å². The quantitative estimate of drug-likeness (QED) is 0.537. The number of hydrogen-bond acceptors (Lipinski definition) is 4. The summed E-state index contributed by atoms with van der Waals surface area (Å²) in [6, 6.07) is 1.16. The highest BCUT2D eigenvalue weighted by molar-refractivity contribution is 6.73. The lowest BCUT2D eigenvalue weighted by atomic mass is 10.3. The van der Waals surface area contributed by atoms with E-state index in [-0.39, 0.29) is 0 Å². The van der Waals surface area contributed by atoms with Crippen molar-refractivity contribution < 1.29 is 8.85 Å². The Labute approximate surface area is 141 Å². The van der Waals surface area contributed by atoms with E-state index in [0.29, 0.717) is 0 Å². The zero-order valence-corrected chi connectivity index (χ0v) is 17.7. The molecular weight excluding hydrogens is 308 g/mol. The Hall–Kier alpha value is 0.274. The van der Waals surface area contributed by atoms with Gasteiger partial charge in [0, 0.05) is 39.4 Å². The summed E-state index contributed by atoms with van der Waals surface area (Å²) < 4.78 is 14.6. The first-order valence-electron chi connectivity index (χ1n) is 9.18. The van der Waals surface area contributed by atoms with Gasteiger partial charge in [-0.3, -0.25) is 0 Å². The summed E-state index contributed by atoms with van der Waals surface area (Å²) in [5, 5.41) is 0. The minimum atomic E-state index is -1.41. The van der Waals surface area contributed by atoms with Crippen molar-refractivity contribution >= 4 is 17.5 Å². The lowest BCUT2D eigenvalue weighted by molar-refractivity contribution is 0.175. The van der Waals surface area contributed by atoms with Crippen molar-refractivity contribution in [1.29, 1.82) is 0 Å². The molecule has 0 spiro atoms. The Balaban J connectivity index is 2.19. The van der Waals surface area contributed by atoms with Crippen molar-refractivity contribution in [2.75, 3.05) is 45.9 Å². The fourth-order valence-electron chi connectivity index (χ4n) is 2.84. The van der Waals surface area contributed by atoms with Gasteiger partial charge >= 0.3 is 9.28 Å². The molecule has 1 fully saturated rings. The van der Waals surface area contributed by atoms with Crippen LogP contribution in [0.25, 0.3) is 0 Å². The second kappa shape index (κ2) is 10.9. The fourth-order valence-corrected chi connectivity index (χ4v) is 6.32. The van der Waals surface area contributed by atoms with E-state index < -0.39 is 17.5 Å². The van der Waals surface area contributed by atoms with Gasteiger partial charge in [-0.2, -0.15) is 0 Å². The third-order valence-corrected chi connectivity index (χ3v) is 8.69. The second-order valence-corrected chi connectivity index (χ2v) is 14.4. The van der Waals surface area contributed by atoms with Gasteiger partial charge in [-0.05, 0) is 31.9 Å². The molecule has 1 aliphatic heterocycles. The van der Waals surface area contributed by atoms with Crippen LogP contribution in [0.1, 0.15) is 33.1 Å². The molecule has 0 N–H and O–H groups in total.